The maximum atomic E-state index is 10.8. The highest BCUT2D eigenvalue weighted by atomic mass is 32.1. The molecule has 140 valence electrons. The van der Waals surface area contributed by atoms with Gasteiger partial charge >= 0.3 is 0 Å². The molecule has 1 amide bonds. The van der Waals surface area contributed by atoms with Crippen LogP contribution in [0.4, 0.5) is 5.69 Å². The Kier molecular flexibility index (Phi) is 11.0. The third kappa shape index (κ3) is 6.62. The summed E-state index contributed by atoms with van der Waals surface area (Å²) in [6.45, 7) is 17.6. The largest absolute Gasteiger partial charge is 0.347 e. The first kappa shape index (κ1) is 23.3. The molecule has 1 atom stereocenters. The second-order valence-corrected chi connectivity index (χ2v) is 6.10. The molecule has 3 nitrogen and oxygen atoms in total. The number of hydrogen-bond donors (Lipinski definition) is 2. The van der Waals surface area contributed by atoms with Crippen molar-refractivity contribution in [3.8, 4) is 0 Å². The molecule has 1 saturated heterocycles. The minimum Gasteiger partial charge on any atom is -0.347 e. The Labute approximate surface area is 159 Å². The number of likely N-dealkylation sites (N-methyl/N-ethyl adjacent to an activating group) is 1. The molecular formula is C21H34N2OS. The zero-order valence-corrected chi connectivity index (χ0v) is 17.5. The first-order chi connectivity index (χ1) is 11.9. The molecule has 4 heteroatoms. The van der Waals surface area contributed by atoms with Gasteiger partial charge in [0.15, 0.2) is 0 Å². The summed E-state index contributed by atoms with van der Waals surface area (Å²) in [5.41, 5.74) is 4.55. The van der Waals surface area contributed by atoms with E-state index in [2.05, 4.69) is 42.1 Å². The number of amides is 1. The van der Waals surface area contributed by atoms with Gasteiger partial charge in [-0.2, -0.15) is 0 Å². The molecule has 1 aromatic rings. The summed E-state index contributed by atoms with van der Waals surface area (Å²) in [6, 6.07) is 6.17. The van der Waals surface area contributed by atoms with Gasteiger partial charge in [0, 0.05) is 35.7 Å². The maximum absolute atomic E-state index is 10.8. The van der Waals surface area contributed by atoms with Gasteiger partial charge in [-0.25, -0.2) is 0 Å². The Morgan fingerprint density at radius 2 is 1.80 bits per heavy atom. The minimum atomic E-state index is 0.117. The fraction of sp³-hybridized carbons (Fsp3) is 0.476. The number of anilines is 1. The highest BCUT2D eigenvalue weighted by Gasteiger charge is 2.20. The Bertz CT molecular complexity index is 596. The van der Waals surface area contributed by atoms with Crippen molar-refractivity contribution in [2.75, 3.05) is 11.9 Å². The van der Waals surface area contributed by atoms with E-state index in [0.29, 0.717) is 0 Å². The lowest BCUT2D eigenvalue weighted by molar-refractivity contribution is -0.124. The molecular weight excluding hydrogens is 328 g/mol. The Hall–Kier alpha value is -1.68. The first-order valence-electron chi connectivity index (χ1n) is 9.11. The van der Waals surface area contributed by atoms with E-state index in [9.17, 15) is 4.79 Å². The number of hydrogen-bond acceptors (Lipinski definition) is 3. The fourth-order valence-corrected chi connectivity index (χ4v) is 2.87. The second-order valence-electron chi connectivity index (χ2n) is 5.62. The number of allylic oxidation sites excluding steroid dienone is 2. The molecule has 0 aliphatic carbocycles. The van der Waals surface area contributed by atoms with Crippen LogP contribution in [0.1, 0.15) is 53.0 Å². The van der Waals surface area contributed by atoms with Gasteiger partial charge in [-0.3, -0.25) is 4.79 Å². The van der Waals surface area contributed by atoms with Crippen LogP contribution in [-0.2, 0) is 11.2 Å². The van der Waals surface area contributed by atoms with Crippen molar-refractivity contribution < 1.29 is 4.79 Å². The van der Waals surface area contributed by atoms with Crippen LogP contribution in [-0.4, -0.2) is 13.0 Å². The predicted octanol–water partition coefficient (Wildman–Crippen LogP) is 5.58. The summed E-state index contributed by atoms with van der Waals surface area (Å²) in [4.78, 5) is 14.0. The van der Waals surface area contributed by atoms with Crippen LogP contribution in [0.2, 0.25) is 0 Å². The molecule has 1 fully saturated rings. The second kappa shape index (κ2) is 11.8. The van der Waals surface area contributed by atoms with E-state index in [1.54, 1.807) is 0 Å². The van der Waals surface area contributed by atoms with E-state index < -0.39 is 0 Å². The topological polar surface area (TPSA) is 32.3 Å². The van der Waals surface area contributed by atoms with Crippen LogP contribution in [0.3, 0.4) is 0 Å². The van der Waals surface area contributed by atoms with Gasteiger partial charge in [0.25, 0.3) is 0 Å². The van der Waals surface area contributed by atoms with Crippen LogP contribution in [0.5, 0.6) is 0 Å². The summed E-state index contributed by atoms with van der Waals surface area (Å²) in [5.74, 6) is 0.293. The van der Waals surface area contributed by atoms with Gasteiger partial charge in [-0.05, 0) is 24.5 Å². The molecule has 0 aromatic heterocycles. The van der Waals surface area contributed by atoms with Crippen LogP contribution in [0.25, 0.3) is 0 Å². The van der Waals surface area contributed by atoms with Gasteiger partial charge in [-0.15, -0.1) is 12.6 Å². The van der Waals surface area contributed by atoms with Gasteiger partial charge in [-0.1, -0.05) is 59.9 Å². The SMILES string of the molecule is C=C1CCC(C)C(=O)N1.C=C1Cc2cccc(S)c2N1C.CC.CC. The summed E-state index contributed by atoms with van der Waals surface area (Å²) in [7, 11) is 2.04. The molecule has 0 bridgehead atoms. The average Bonchev–Trinajstić information content (AvgIpc) is 2.91. The molecule has 3 rings (SSSR count). The zero-order valence-electron chi connectivity index (χ0n) is 16.6. The van der Waals surface area contributed by atoms with Crippen molar-refractivity contribution in [1.29, 1.82) is 0 Å². The third-order valence-electron chi connectivity index (χ3n) is 3.93. The van der Waals surface area contributed by atoms with Crippen molar-refractivity contribution in [3.63, 3.8) is 0 Å². The van der Waals surface area contributed by atoms with Crippen molar-refractivity contribution >= 4 is 24.2 Å². The molecule has 25 heavy (non-hydrogen) atoms. The van der Waals surface area contributed by atoms with Crippen LogP contribution in [0.15, 0.2) is 47.6 Å². The van der Waals surface area contributed by atoms with E-state index in [-0.39, 0.29) is 11.8 Å². The highest BCUT2D eigenvalue weighted by Crippen LogP contribution is 2.36. The van der Waals surface area contributed by atoms with E-state index in [0.717, 1.165) is 35.6 Å². The zero-order chi connectivity index (χ0) is 19.6. The Balaban J connectivity index is 0.000000396. The van der Waals surface area contributed by atoms with Gasteiger partial charge in [0.1, 0.15) is 0 Å². The smallest absolute Gasteiger partial charge is 0.226 e. The summed E-state index contributed by atoms with van der Waals surface area (Å²) >= 11 is 4.40. The molecule has 2 heterocycles. The number of piperidine rings is 1. The monoisotopic (exact) mass is 362 g/mol. The standard InChI is InChI=1S/C10H11NS.C7H11NO.2C2H6/c1-7-6-8-4-3-5-9(12)10(8)11(7)2;1-5-3-4-6(2)8-7(5)9;2*1-2/h3-5,12H,1,6H2,2H3;5H,2-4H2,1H3,(H,8,9);2*1-2H3. The van der Waals surface area contributed by atoms with Crippen molar-refractivity contribution in [1.82, 2.24) is 5.32 Å². The minimum absolute atomic E-state index is 0.117. The normalized spacial score (nSPS) is 17.8. The molecule has 2 aliphatic rings. The van der Waals surface area contributed by atoms with Crippen molar-refractivity contribution in [3.05, 3.63) is 48.3 Å². The number of nitrogens with one attached hydrogen (secondary N) is 1. The molecule has 1 aromatic carbocycles. The Morgan fingerprint density at radius 1 is 1.20 bits per heavy atom. The highest BCUT2D eigenvalue weighted by molar-refractivity contribution is 7.80. The number of carbonyl (C=O) groups excluding carboxylic acids is 1. The number of carbonyl (C=O) groups is 1. The predicted molar refractivity (Wildman–Crippen MR) is 113 cm³/mol. The van der Waals surface area contributed by atoms with Gasteiger partial charge in [0.2, 0.25) is 5.91 Å². The number of benzene rings is 1. The number of nitrogens with zero attached hydrogens (tertiary/aromatic N) is 1. The van der Waals surface area contributed by atoms with E-state index in [1.165, 1.54) is 11.3 Å². The molecule has 1 N–H and O–H groups in total. The lowest BCUT2D eigenvalue weighted by Crippen LogP contribution is -2.32. The van der Waals surface area contributed by atoms with Crippen LogP contribution < -0.4 is 10.2 Å². The third-order valence-corrected chi connectivity index (χ3v) is 4.29. The fourth-order valence-electron chi connectivity index (χ4n) is 2.49. The van der Waals surface area contributed by atoms with Crippen molar-refractivity contribution in [2.24, 2.45) is 5.92 Å². The lowest BCUT2D eigenvalue weighted by atomic mass is 9.99. The molecule has 1 unspecified atom stereocenters. The van der Waals surface area contributed by atoms with Crippen LogP contribution >= 0.6 is 12.6 Å². The van der Waals surface area contributed by atoms with E-state index in [1.807, 2.05) is 53.8 Å². The number of thiol groups is 1. The van der Waals surface area contributed by atoms with E-state index >= 15 is 0 Å². The summed E-state index contributed by atoms with van der Waals surface area (Å²) in [6.07, 6.45) is 2.85. The molecule has 2 aliphatic heterocycles. The molecule has 0 spiro atoms. The Morgan fingerprint density at radius 3 is 2.28 bits per heavy atom. The lowest BCUT2D eigenvalue weighted by Gasteiger charge is -2.19. The number of fused-ring (bicyclic) bond motifs is 1. The molecule has 0 radical (unpaired) electrons. The average molecular weight is 363 g/mol. The maximum Gasteiger partial charge on any atom is 0.226 e. The first-order valence-corrected chi connectivity index (χ1v) is 9.56. The number of rotatable bonds is 0. The van der Waals surface area contributed by atoms with Crippen molar-refractivity contribution in [2.45, 2.75) is 58.8 Å². The summed E-state index contributed by atoms with van der Waals surface area (Å²) < 4.78 is 0. The van der Waals surface area contributed by atoms with Gasteiger partial charge in [0.05, 0.1) is 5.69 Å². The summed E-state index contributed by atoms with van der Waals surface area (Å²) in [5, 5.41) is 2.70. The van der Waals surface area contributed by atoms with Crippen LogP contribution in [0, 0.1) is 5.92 Å². The molecule has 0 saturated carbocycles. The number of para-hydroxylation sites is 1. The quantitative estimate of drug-likeness (QED) is 0.591. The van der Waals surface area contributed by atoms with Gasteiger partial charge < -0.3 is 10.2 Å². The van der Waals surface area contributed by atoms with E-state index in [4.69, 9.17) is 0 Å².